The average molecular weight is 381 g/mol. The lowest BCUT2D eigenvalue weighted by Crippen LogP contribution is -2.39. The van der Waals surface area contributed by atoms with Crippen molar-refractivity contribution in [1.29, 1.82) is 0 Å². The van der Waals surface area contributed by atoms with E-state index >= 15 is 0 Å². The summed E-state index contributed by atoms with van der Waals surface area (Å²) in [6.07, 6.45) is 1.34. The highest BCUT2D eigenvalue weighted by atomic mass is 16.5. The van der Waals surface area contributed by atoms with E-state index in [0.717, 1.165) is 24.1 Å². The highest BCUT2D eigenvalue weighted by Gasteiger charge is 2.24. The van der Waals surface area contributed by atoms with Crippen LogP contribution in [0.25, 0.3) is 0 Å². The maximum Gasteiger partial charge on any atom is 0.265 e. The number of rotatable bonds is 7. The van der Waals surface area contributed by atoms with Gasteiger partial charge in [-0.2, -0.15) is 0 Å². The first-order valence-electron chi connectivity index (χ1n) is 9.71. The lowest BCUT2D eigenvalue weighted by Gasteiger charge is -2.25. The first kappa shape index (κ1) is 19.7. The Hall–Kier alpha value is -3.02. The molecule has 148 valence electrons. The van der Waals surface area contributed by atoms with E-state index in [0.29, 0.717) is 11.4 Å². The van der Waals surface area contributed by atoms with Crippen LogP contribution in [0.15, 0.2) is 48.5 Å². The van der Waals surface area contributed by atoms with Crippen molar-refractivity contribution in [2.75, 3.05) is 10.6 Å². The summed E-state index contributed by atoms with van der Waals surface area (Å²) in [6, 6.07) is 15.0. The molecule has 0 fully saturated rings. The van der Waals surface area contributed by atoms with E-state index in [2.05, 4.69) is 22.9 Å². The van der Waals surface area contributed by atoms with E-state index in [1.807, 2.05) is 43.3 Å². The number of hydrogen-bond donors (Lipinski definition) is 3. The van der Waals surface area contributed by atoms with Crippen LogP contribution in [0, 0.1) is 0 Å². The maximum absolute atomic E-state index is 12.7. The van der Waals surface area contributed by atoms with Crippen LogP contribution in [0.3, 0.4) is 0 Å². The number of benzene rings is 2. The van der Waals surface area contributed by atoms with Gasteiger partial charge in [0.25, 0.3) is 5.91 Å². The highest BCUT2D eigenvalue weighted by Crippen LogP contribution is 2.32. The van der Waals surface area contributed by atoms with E-state index in [1.165, 1.54) is 0 Å². The van der Waals surface area contributed by atoms with Gasteiger partial charge in [0.05, 0.1) is 11.7 Å². The molecule has 3 N–H and O–H groups in total. The molecular formula is C22H27N3O3. The van der Waals surface area contributed by atoms with E-state index < -0.39 is 12.1 Å². The number of nitrogens with one attached hydrogen (secondary N) is 3. The summed E-state index contributed by atoms with van der Waals surface area (Å²) in [5.74, 6) is 0.372. The van der Waals surface area contributed by atoms with Crippen LogP contribution in [0.1, 0.15) is 45.2 Å². The average Bonchev–Trinajstić information content (AvgIpc) is 2.69. The Balaban J connectivity index is 1.65. The molecule has 0 radical (unpaired) electrons. The van der Waals surface area contributed by atoms with Gasteiger partial charge in [-0.3, -0.25) is 9.59 Å². The van der Waals surface area contributed by atoms with Gasteiger partial charge in [0.1, 0.15) is 11.8 Å². The fraction of sp³-hybridized carbons (Fsp3) is 0.364. The van der Waals surface area contributed by atoms with Crippen molar-refractivity contribution < 1.29 is 14.3 Å². The number of carbonyl (C=O) groups excluding carboxylic acids is 2. The molecule has 0 aromatic heterocycles. The van der Waals surface area contributed by atoms with Crippen molar-refractivity contribution in [3.05, 3.63) is 54.1 Å². The van der Waals surface area contributed by atoms with Crippen molar-refractivity contribution >= 4 is 23.2 Å². The summed E-state index contributed by atoms with van der Waals surface area (Å²) >= 11 is 0. The van der Waals surface area contributed by atoms with Gasteiger partial charge in [0.15, 0.2) is 6.10 Å². The maximum atomic E-state index is 12.7. The van der Waals surface area contributed by atoms with Gasteiger partial charge in [0, 0.05) is 5.69 Å². The molecule has 6 heteroatoms. The number of fused-ring (bicyclic) bond motifs is 1. The second kappa shape index (κ2) is 8.78. The minimum Gasteiger partial charge on any atom is -0.479 e. The molecule has 0 saturated heterocycles. The first-order chi connectivity index (χ1) is 13.5. The minimum absolute atomic E-state index is 0.0133. The topological polar surface area (TPSA) is 79.5 Å². The second-order valence-corrected chi connectivity index (χ2v) is 7.09. The van der Waals surface area contributed by atoms with Crippen molar-refractivity contribution in [1.82, 2.24) is 5.32 Å². The molecule has 1 aliphatic heterocycles. The molecule has 3 rings (SSSR count). The van der Waals surface area contributed by atoms with E-state index in [9.17, 15) is 9.59 Å². The molecule has 0 aliphatic carbocycles. The van der Waals surface area contributed by atoms with Crippen molar-refractivity contribution in [2.24, 2.45) is 0 Å². The van der Waals surface area contributed by atoms with E-state index in [-0.39, 0.29) is 17.9 Å². The fourth-order valence-electron chi connectivity index (χ4n) is 3.21. The van der Waals surface area contributed by atoms with Crippen molar-refractivity contribution in [3.63, 3.8) is 0 Å². The van der Waals surface area contributed by atoms with Gasteiger partial charge < -0.3 is 20.7 Å². The normalized spacial score (nSPS) is 17.5. The molecule has 2 aromatic carbocycles. The fourth-order valence-corrected chi connectivity index (χ4v) is 3.21. The molecule has 1 aliphatic rings. The molecule has 1 heterocycles. The van der Waals surface area contributed by atoms with E-state index in [4.69, 9.17) is 4.74 Å². The quantitative estimate of drug-likeness (QED) is 0.680. The standard InChI is InChI=1S/C22H27N3O3/c1-4-8-18(16-9-6-5-7-10-16)24-21(26)14(2)23-17-11-12-20-19(13-17)25-22(27)15(3)28-20/h5-7,9-15,18,23H,4,8H2,1-3H3,(H,24,26)(H,25,27). The van der Waals surface area contributed by atoms with Crippen LogP contribution in [0.5, 0.6) is 5.75 Å². The van der Waals surface area contributed by atoms with Gasteiger partial charge in [-0.05, 0) is 44.0 Å². The molecule has 6 nitrogen and oxygen atoms in total. The molecular weight excluding hydrogens is 354 g/mol. The van der Waals surface area contributed by atoms with Crippen LogP contribution in [-0.4, -0.2) is 24.0 Å². The van der Waals surface area contributed by atoms with Gasteiger partial charge in [-0.1, -0.05) is 43.7 Å². The van der Waals surface area contributed by atoms with Crippen LogP contribution >= 0.6 is 0 Å². The van der Waals surface area contributed by atoms with Crippen molar-refractivity contribution in [3.8, 4) is 5.75 Å². The lowest BCUT2D eigenvalue weighted by molar-refractivity contribution is -0.123. The molecule has 2 aromatic rings. The van der Waals surface area contributed by atoms with Crippen LogP contribution in [0.4, 0.5) is 11.4 Å². The summed E-state index contributed by atoms with van der Waals surface area (Å²) in [5.41, 5.74) is 2.45. The number of ether oxygens (including phenoxy) is 1. The Bertz CT molecular complexity index is 838. The molecule has 28 heavy (non-hydrogen) atoms. The Kier molecular flexibility index (Phi) is 6.19. The molecule has 0 bridgehead atoms. The number of hydrogen-bond acceptors (Lipinski definition) is 4. The highest BCUT2D eigenvalue weighted by molar-refractivity contribution is 5.98. The second-order valence-electron chi connectivity index (χ2n) is 7.09. The third-order valence-electron chi connectivity index (χ3n) is 4.78. The lowest BCUT2D eigenvalue weighted by atomic mass is 10.0. The Labute approximate surface area is 165 Å². The van der Waals surface area contributed by atoms with Gasteiger partial charge in [-0.15, -0.1) is 0 Å². The zero-order valence-electron chi connectivity index (χ0n) is 16.5. The molecule has 3 unspecified atom stereocenters. The van der Waals surface area contributed by atoms with Crippen LogP contribution in [-0.2, 0) is 9.59 Å². The predicted molar refractivity (Wildman–Crippen MR) is 110 cm³/mol. The summed E-state index contributed by atoms with van der Waals surface area (Å²) in [4.78, 5) is 24.5. The van der Waals surface area contributed by atoms with Gasteiger partial charge in [0.2, 0.25) is 5.91 Å². The monoisotopic (exact) mass is 381 g/mol. The Morgan fingerprint density at radius 2 is 1.96 bits per heavy atom. The summed E-state index contributed by atoms with van der Waals surface area (Å²) in [7, 11) is 0. The minimum atomic E-state index is -0.510. The zero-order chi connectivity index (χ0) is 20.1. The molecule has 3 atom stereocenters. The number of anilines is 2. The first-order valence-corrected chi connectivity index (χ1v) is 9.71. The predicted octanol–water partition coefficient (Wildman–Crippen LogP) is 3.86. The third-order valence-corrected chi connectivity index (χ3v) is 4.78. The summed E-state index contributed by atoms with van der Waals surface area (Å²) < 4.78 is 5.56. The van der Waals surface area contributed by atoms with Crippen LogP contribution in [0.2, 0.25) is 0 Å². The third kappa shape index (κ3) is 4.63. The Morgan fingerprint density at radius 3 is 2.68 bits per heavy atom. The zero-order valence-corrected chi connectivity index (χ0v) is 16.5. The summed E-state index contributed by atoms with van der Waals surface area (Å²) in [6.45, 7) is 5.63. The van der Waals surface area contributed by atoms with Crippen molar-refractivity contribution in [2.45, 2.75) is 51.8 Å². The molecule has 0 spiro atoms. The SMILES string of the molecule is CCCC(NC(=O)C(C)Nc1ccc2c(c1)NC(=O)C(C)O2)c1ccccc1. The number of carbonyl (C=O) groups is 2. The molecule has 2 amide bonds. The summed E-state index contributed by atoms with van der Waals surface area (Å²) in [5, 5.41) is 9.15. The van der Waals surface area contributed by atoms with Crippen LogP contribution < -0.4 is 20.7 Å². The largest absolute Gasteiger partial charge is 0.479 e. The van der Waals surface area contributed by atoms with Gasteiger partial charge >= 0.3 is 0 Å². The number of amides is 2. The smallest absolute Gasteiger partial charge is 0.265 e. The molecule has 0 saturated carbocycles. The van der Waals surface area contributed by atoms with E-state index in [1.54, 1.807) is 19.1 Å². The Morgan fingerprint density at radius 1 is 1.21 bits per heavy atom. The van der Waals surface area contributed by atoms with Gasteiger partial charge in [-0.25, -0.2) is 0 Å².